The van der Waals surface area contributed by atoms with Crippen LogP contribution in [-0.4, -0.2) is 73.8 Å². The molecule has 39 heavy (non-hydrogen) atoms. The fourth-order valence-corrected chi connectivity index (χ4v) is 6.33. The number of fused-ring (bicyclic) bond motifs is 1. The van der Waals surface area contributed by atoms with Gasteiger partial charge in [0.1, 0.15) is 35.9 Å². The Bertz CT molecular complexity index is 1400. The van der Waals surface area contributed by atoms with Crippen molar-refractivity contribution in [2.45, 2.75) is 82.8 Å². The summed E-state index contributed by atoms with van der Waals surface area (Å²) >= 11 is 0. The summed E-state index contributed by atoms with van der Waals surface area (Å²) in [6.07, 6.45) is -0.0129. The molecule has 1 aliphatic rings. The second-order valence-electron chi connectivity index (χ2n) is 11.2. The monoisotopic (exact) mass is 559 g/mol. The summed E-state index contributed by atoms with van der Waals surface area (Å²) in [6, 6.07) is 8.10. The number of nitrogens with zero attached hydrogens (tertiary/aromatic N) is 4. The smallest absolute Gasteiger partial charge is 0.167 e. The lowest BCUT2D eigenvalue weighted by Crippen LogP contribution is -2.36. The summed E-state index contributed by atoms with van der Waals surface area (Å²) in [5.41, 5.74) is 8.68. The van der Waals surface area contributed by atoms with Gasteiger partial charge in [0.15, 0.2) is 27.5 Å². The quantitative estimate of drug-likeness (QED) is 0.296. The zero-order valence-corrected chi connectivity index (χ0v) is 23.3. The summed E-state index contributed by atoms with van der Waals surface area (Å²) in [6.45, 7) is 6.44. The third kappa shape index (κ3) is 6.99. The first-order valence-electron chi connectivity index (χ1n) is 13.1. The van der Waals surface area contributed by atoms with Crippen LogP contribution < -0.4 is 5.73 Å². The third-order valence-electron chi connectivity index (χ3n) is 7.05. The van der Waals surface area contributed by atoms with E-state index in [4.69, 9.17) is 10.5 Å². The molecule has 0 saturated carbocycles. The molecular weight excluding hydrogens is 522 g/mol. The maximum absolute atomic E-state index is 12.7. The van der Waals surface area contributed by atoms with E-state index in [0.717, 1.165) is 5.56 Å². The minimum Gasteiger partial charge on any atom is -0.387 e. The van der Waals surface area contributed by atoms with Gasteiger partial charge in [0.2, 0.25) is 0 Å². The summed E-state index contributed by atoms with van der Waals surface area (Å²) in [7, 11) is -3.58. The number of nitrogen functional groups attached to an aromatic ring is 1. The van der Waals surface area contributed by atoms with Crippen molar-refractivity contribution in [3.8, 4) is 0 Å². The van der Waals surface area contributed by atoms with E-state index in [0.29, 0.717) is 43.3 Å². The number of hydrogen-bond acceptors (Lipinski definition) is 10. The van der Waals surface area contributed by atoms with Crippen LogP contribution in [0.4, 0.5) is 5.82 Å². The number of nitrogens with two attached hydrogens (primary N) is 1. The molecule has 0 unspecified atom stereocenters. The standard InChI is InChI=1S/C27H37N5O6S/c1-27(2,3)18-10-8-17(9-11-18)13-19(33)7-5-4-6-12-39(36,37)14-20-22(34)23(35)26(38-20)32-16-31-21-24(28)29-15-30-25(21)32/h8-11,15-16,20,22-23,26,34-35H,4-7,12-14H2,1-3H3,(H2,28,29,30)/t20-,22-,23-,26-/m1/s1. The average molecular weight is 560 g/mol. The minimum absolute atomic E-state index is 0.0612. The van der Waals surface area contributed by atoms with Gasteiger partial charge in [-0.2, -0.15) is 0 Å². The number of Topliss-reactive ketones (excluding diaryl/α,β-unsaturated/α-hetero) is 1. The van der Waals surface area contributed by atoms with Crippen LogP contribution in [0.2, 0.25) is 0 Å². The van der Waals surface area contributed by atoms with Gasteiger partial charge in [-0.1, -0.05) is 51.5 Å². The van der Waals surface area contributed by atoms with Gasteiger partial charge in [0, 0.05) is 12.8 Å². The van der Waals surface area contributed by atoms with Crippen LogP contribution >= 0.6 is 0 Å². The number of hydrogen-bond donors (Lipinski definition) is 3. The van der Waals surface area contributed by atoms with Gasteiger partial charge in [0.05, 0.1) is 17.8 Å². The highest BCUT2D eigenvalue weighted by molar-refractivity contribution is 7.91. The number of sulfone groups is 1. The van der Waals surface area contributed by atoms with Crippen molar-refractivity contribution < 1.29 is 28.2 Å². The van der Waals surface area contributed by atoms with Gasteiger partial charge < -0.3 is 20.7 Å². The van der Waals surface area contributed by atoms with Crippen LogP contribution in [-0.2, 0) is 31.2 Å². The molecule has 1 aromatic carbocycles. The van der Waals surface area contributed by atoms with Crippen molar-refractivity contribution in [1.29, 1.82) is 0 Å². The van der Waals surface area contributed by atoms with E-state index in [1.807, 2.05) is 12.1 Å². The summed E-state index contributed by atoms with van der Waals surface area (Å²) < 4.78 is 32.6. The van der Waals surface area contributed by atoms with E-state index in [2.05, 4.69) is 47.9 Å². The molecule has 4 rings (SSSR count). The fraction of sp³-hybridized carbons (Fsp3) is 0.556. The van der Waals surface area contributed by atoms with Gasteiger partial charge in [-0.25, -0.2) is 23.4 Å². The first kappa shape index (κ1) is 29.1. The number of aromatic nitrogens is 4. The Morgan fingerprint density at radius 1 is 1.05 bits per heavy atom. The largest absolute Gasteiger partial charge is 0.387 e. The van der Waals surface area contributed by atoms with Crippen molar-refractivity contribution in [3.05, 3.63) is 48.0 Å². The number of anilines is 1. The summed E-state index contributed by atoms with van der Waals surface area (Å²) in [5.74, 6) is -0.250. The number of carbonyl (C=O) groups is 1. The molecule has 0 spiro atoms. The molecular formula is C27H37N5O6S. The van der Waals surface area contributed by atoms with E-state index in [9.17, 15) is 23.4 Å². The van der Waals surface area contributed by atoms with E-state index in [-0.39, 0.29) is 22.8 Å². The highest BCUT2D eigenvalue weighted by Gasteiger charge is 2.45. The van der Waals surface area contributed by atoms with Gasteiger partial charge in [-0.15, -0.1) is 0 Å². The molecule has 4 N–H and O–H groups in total. The molecule has 0 aliphatic carbocycles. The van der Waals surface area contributed by atoms with Gasteiger partial charge in [0.25, 0.3) is 0 Å². The first-order valence-corrected chi connectivity index (χ1v) is 14.9. The zero-order valence-electron chi connectivity index (χ0n) is 22.5. The van der Waals surface area contributed by atoms with E-state index < -0.39 is 40.1 Å². The maximum Gasteiger partial charge on any atom is 0.167 e. The number of rotatable bonds is 11. The Morgan fingerprint density at radius 3 is 2.46 bits per heavy atom. The number of carbonyl (C=O) groups excluding carboxylic acids is 1. The van der Waals surface area contributed by atoms with E-state index >= 15 is 0 Å². The predicted octanol–water partition coefficient (Wildman–Crippen LogP) is 2.11. The number of imidazole rings is 1. The van der Waals surface area contributed by atoms with Crippen LogP contribution in [0.1, 0.15) is 63.8 Å². The topological polar surface area (TPSA) is 171 Å². The molecule has 4 atom stereocenters. The Kier molecular flexibility index (Phi) is 8.69. The molecule has 0 amide bonds. The van der Waals surface area contributed by atoms with E-state index in [1.54, 1.807) is 0 Å². The summed E-state index contributed by atoms with van der Waals surface area (Å²) in [5, 5.41) is 21.0. The molecule has 3 aromatic rings. The van der Waals surface area contributed by atoms with Crippen molar-refractivity contribution in [1.82, 2.24) is 19.5 Å². The molecule has 0 bridgehead atoms. The number of benzene rings is 1. The normalized spacial score (nSPS) is 22.0. The minimum atomic E-state index is -3.58. The number of aliphatic hydroxyl groups is 2. The molecule has 0 radical (unpaired) electrons. The third-order valence-corrected chi connectivity index (χ3v) is 8.80. The molecule has 2 aromatic heterocycles. The molecule has 212 valence electrons. The summed E-state index contributed by atoms with van der Waals surface area (Å²) in [4.78, 5) is 24.5. The first-order chi connectivity index (χ1) is 18.4. The van der Waals surface area contributed by atoms with Crippen molar-refractivity contribution in [2.24, 2.45) is 0 Å². The highest BCUT2D eigenvalue weighted by atomic mass is 32.2. The SMILES string of the molecule is CC(C)(C)c1ccc(CC(=O)CCCCCS(=O)(=O)C[C@H]2O[C@@H](n3cnc4c(N)ncnc43)[C@H](O)[C@@H]2O)cc1. The molecule has 3 heterocycles. The zero-order chi connectivity index (χ0) is 28.4. The van der Waals surface area contributed by atoms with Crippen molar-refractivity contribution >= 4 is 32.6 Å². The Morgan fingerprint density at radius 2 is 1.77 bits per heavy atom. The Hall–Kier alpha value is -2.93. The molecule has 1 saturated heterocycles. The van der Waals surface area contributed by atoms with Crippen LogP contribution in [0, 0.1) is 0 Å². The maximum atomic E-state index is 12.7. The Balaban J connectivity index is 1.22. The van der Waals surface area contributed by atoms with Crippen molar-refractivity contribution in [2.75, 3.05) is 17.2 Å². The molecule has 11 nitrogen and oxygen atoms in total. The predicted molar refractivity (Wildman–Crippen MR) is 147 cm³/mol. The highest BCUT2D eigenvalue weighted by Crippen LogP contribution is 2.32. The fourth-order valence-electron chi connectivity index (χ4n) is 4.75. The Labute approximate surface area is 228 Å². The average Bonchev–Trinajstić information content (AvgIpc) is 3.41. The molecule has 12 heteroatoms. The van der Waals surface area contributed by atoms with Gasteiger partial charge in [-0.3, -0.25) is 9.36 Å². The molecule has 1 fully saturated rings. The van der Waals surface area contributed by atoms with Crippen LogP contribution in [0.15, 0.2) is 36.9 Å². The van der Waals surface area contributed by atoms with Crippen LogP contribution in [0.5, 0.6) is 0 Å². The number of unbranched alkanes of at least 4 members (excludes halogenated alkanes) is 2. The lowest BCUT2D eigenvalue weighted by atomic mass is 9.86. The van der Waals surface area contributed by atoms with Gasteiger partial charge >= 0.3 is 0 Å². The lowest BCUT2D eigenvalue weighted by molar-refractivity contribution is -0.118. The molecule has 1 aliphatic heterocycles. The van der Waals surface area contributed by atoms with Crippen LogP contribution in [0.25, 0.3) is 11.2 Å². The van der Waals surface area contributed by atoms with Gasteiger partial charge in [-0.05, 0) is 29.4 Å². The van der Waals surface area contributed by atoms with Crippen LogP contribution in [0.3, 0.4) is 0 Å². The second kappa shape index (κ2) is 11.7. The number of ketones is 1. The second-order valence-corrected chi connectivity index (χ2v) is 13.4. The lowest BCUT2D eigenvalue weighted by Gasteiger charge is -2.19. The van der Waals surface area contributed by atoms with Crippen molar-refractivity contribution in [3.63, 3.8) is 0 Å². The van der Waals surface area contributed by atoms with E-state index in [1.165, 1.54) is 22.8 Å². The number of ether oxygens (including phenoxy) is 1. The number of aliphatic hydroxyl groups excluding tert-OH is 2.